The molecule has 1 saturated heterocycles. The summed E-state index contributed by atoms with van der Waals surface area (Å²) in [6.07, 6.45) is 2.84. The van der Waals surface area contributed by atoms with Gasteiger partial charge in [-0.25, -0.2) is 0 Å². The Hall–Kier alpha value is -2.18. The summed E-state index contributed by atoms with van der Waals surface area (Å²) < 4.78 is 5.37. The first-order valence-electron chi connectivity index (χ1n) is 8.49. The third-order valence-electron chi connectivity index (χ3n) is 4.73. The smallest absolute Gasteiger partial charge is 0.226 e. The second-order valence-electron chi connectivity index (χ2n) is 6.49. The quantitative estimate of drug-likeness (QED) is 0.805. The van der Waals surface area contributed by atoms with Gasteiger partial charge < -0.3 is 20.4 Å². The average molecular weight is 327 g/mol. The van der Waals surface area contributed by atoms with E-state index in [-0.39, 0.29) is 17.7 Å². The zero-order valence-corrected chi connectivity index (χ0v) is 13.5. The van der Waals surface area contributed by atoms with Gasteiger partial charge in [0.05, 0.1) is 18.9 Å². The zero-order chi connectivity index (χ0) is 16.5. The molecule has 6 heteroatoms. The summed E-state index contributed by atoms with van der Waals surface area (Å²) in [5, 5.41) is 7.29. The SMILES string of the molecule is O=C(C[C@@H]1COCCN1)Nc1ccc2c3c([nH]c2c1)C(=O)CCC3. The highest BCUT2D eigenvalue weighted by molar-refractivity contribution is 6.04. The van der Waals surface area contributed by atoms with E-state index in [4.69, 9.17) is 4.74 Å². The van der Waals surface area contributed by atoms with Gasteiger partial charge in [0.15, 0.2) is 5.78 Å². The van der Waals surface area contributed by atoms with E-state index in [2.05, 4.69) is 15.6 Å². The number of rotatable bonds is 3. The molecule has 4 rings (SSSR count). The molecule has 1 aromatic carbocycles. The lowest BCUT2D eigenvalue weighted by Gasteiger charge is -2.23. The summed E-state index contributed by atoms with van der Waals surface area (Å²) in [5.74, 6) is 0.145. The zero-order valence-electron chi connectivity index (χ0n) is 13.5. The molecule has 0 unspecified atom stereocenters. The number of carbonyl (C=O) groups excluding carboxylic acids is 2. The fourth-order valence-corrected chi connectivity index (χ4v) is 3.57. The van der Waals surface area contributed by atoms with E-state index in [1.54, 1.807) is 0 Å². The van der Waals surface area contributed by atoms with Gasteiger partial charge in [0, 0.05) is 42.0 Å². The molecule has 2 aliphatic rings. The van der Waals surface area contributed by atoms with Crippen LogP contribution in [0.5, 0.6) is 0 Å². The number of Topliss-reactive ketones (excluding diaryl/α,β-unsaturated/α-hetero) is 1. The Morgan fingerprint density at radius 2 is 2.25 bits per heavy atom. The molecule has 1 amide bonds. The molecule has 24 heavy (non-hydrogen) atoms. The van der Waals surface area contributed by atoms with Gasteiger partial charge in [-0.05, 0) is 30.5 Å². The van der Waals surface area contributed by atoms with Crippen LogP contribution in [0, 0.1) is 0 Å². The molecule has 0 saturated carbocycles. The van der Waals surface area contributed by atoms with Crippen LogP contribution in [-0.4, -0.2) is 42.5 Å². The number of benzene rings is 1. The molecule has 3 N–H and O–H groups in total. The summed E-state index contributed by atoms with van der Waals surface area (Å²) in [6.45, 7) is 2.05. The minimum absolute atomic E-state index is 0.0373. The lowest BCUT2D eigenvalue weighted by Crippen LogP contribution is -2.43. The number of morpholine rings is 1. The number of nitrogens with one attached hydrogen (secondary N) is 3. The topological polar surface area (TPSA) is 83.2 Å². The van der Waals surface area contributed by atoms with Crippen LogP contribution in [0.25, 0.3) is 10.9 Å². The van der Waals surface area contributed by atoms with E-state index >= 15 is 0 Å². The first-order chi connectivity index (χ1) is 11.7. The summed E-state index contributed by atoms with van der Waals surface area (Å²) in [4.78, 5) is 27.4. The van der Waals surface area contributed by atoms with E-state index in [1.165, 1.54) is 0 Å². The molecule has 126 valence electrons. The maximum atomic E-state index is 12.2. The van der Waals surface area contributed by atoms with E-state index in [0.717, 1.165) is 47.2 Å². The Labute approximate surface area is 139 Å². The van der Waals surface area contributed by atoms with Crippen LogP contribution in [-0.2, 0) is 16.0 Å². The molecule has 1 atom stereocenters. The van der Waals surface area contributed by atoms with Gasteiger partial charge in [0.25, 0.3) is 0 Å². The van der Waals surface area contributed by atoms with Crippen molar-refractivity contribution < 1.29 is 14.3 Å². The molecular formula is C18H21N3O3. The van der Waals surface area contributed by atoms with Gasteiger partial charge in [0.2, 0.25) is 5.91 Å². The van der Waals surface area contributed by atoms with Gasteiger partial charge in [-0.2, -0.15) is 0 Å². The van der Waals surface area contributed by atoms with Crippen molar-refractivity contribution in [1.29, 1.82) is 0 Å². The number of fused-ring (bicyclic) bond motifs is 3. The van der Waals surface area contributed by atoms with Crippen molar-refractivity contribution in [2.45, 2.75) is 31.7 Å². The third kappa shape index (κ3) is 2.95. The van der Waals surface area contributed by atoms with Crippen molar-refractivity contribution in [2.24, 2.45) is 0 Å². The molecule has 2 aromatic rings. The molecule has 2 heterocycles. The van der Waals surface area contributed by atoms with Crippen LogP contribution in [0.15, 0.2) is 18.2 Å². The Morgan fingerprint density at radius 1 is 1.33 bits per heavy atom. The lowest BCUT2D eigenvalue weighted by atomic mass is 9.95. The lowest BCUT2D eigenvalue weighted by molar-refractivity contribution is -0.117. The summed E-state index contributed by atoms with van der Waals surface area (Å²) in [6, 6.07) is 5.86. The second-order valence-corrected chi connectivity index (χ2v) is 6.49. The molecule has 0 spiro atoms. The van der Waals surface area contributed by atoms with Gasteiger partial charge >= 0.3 is 0 Å². The molecule has 1 fully saturated rings. The molecule has 1 aromatic heterocycles. The number of ketones is 1. The van der Waals surface area contributed by atoms with E-state index < -0.39 is 0 Å². The number of carbonyl (C=O) groups is 2. The van der Waals surface area contributed by atoms with Crippen LogP contribution in [0.2, 0.25) is 0 Å². The minimum atomic E-state index is -0.0373. The molecular weight excluding hydrogens is 306 g/mol. The number of ether oxygens (including phenoxy) is 1. The second kappa shape index (κ2) is 6.37. The number of aromatic amines is 1. The van der Waals surface area contributed by atoms with Crippen molar-refractivity contribution in [3.05, 3.63) is 29.5 Å². The van der Waals surface area contributed by atoms with Crippen LogP contribution in [0.1, 0.15) is 35.3 Å². The predicted molar refractivity (Wildman–Crippen MR) is 91.4 cm³/mol. The molecule has 6 nitrogen and oxygen atoms in total. The number of hydrogen-bond donors (Lipinski definition) is 3. The molecule has 1 aliphatic carbocycles. The fourth-order valence-electron chi connectivity index (χ4n) is 3.57. The highest BCUT2D eigenvalue weighted by Crippen LogP contribution is 2.30. The average Bonchev–Trinajstić information content (AvgIpc) is 2.95. The predicted octanol–water partition coefficient (Wildman–Crippen LogP) is 2.00. The molecule has 0 radical (unpaired) electrons. The molecule has 0 bridgehead atoms. The van der Waals surface area contributed by atoms with Gasteiger partial charge in [0.1, 0.15) is 0 Å². The number of hydrogen-bond acceptors (Lipinski definition) is 4. The summed E-state index contributed by atoms with van der Waals surface area (Å²) in [7, 11) is 0. The summed E-state index contributed by atoms with van der Waals surface area (Å²) in [5.41, 5.74) is 3.51. The minimum Gasteiger partial charge on any atom is -0.378 e. The number of anilines is 1. The van der Waals surface area contributed by atoms with Crippen LogP contribution in [0.4, 0.5) is 5.69 Å². The Bertz CT molecular complexity index is 790. The number of aryl methyl sites for hydroxylation is 1. The van der Waals surface area contributed by atoms with Gasteiger partial charge in [-0.1, -0.05) is 6.07 Å². The molecule has 1 aliphatic heterocycles. The van der Waals surface area contributed by atoms with Crippen molar-refractivity contribution in [3.8, 4) is 0 Å². The van der Waals surface area contributed by atoms with Crippen molar-refractivity contribution in [1.82, 2.24) is 10.3 Å². The maximum absolute atomic E-state index is 12.2. The number of aromatic nitrogens is 1. The first kappa shape index (κ1) is 15.4. The highest BCUT2D eigenvalue weighted by atomic mass is 16.5. The van der Waals surface area contributed by atoms with Crippen LogP contribution in [0.3, 0.4) is 0 Å². The largest absolute Gasteiger partial charge is 0.378 e. The Balaban J connectivity index is 1.50. The maximum Gasteiger partial charge on any atom is 0.226 e. The number of amides is 1. The third-order valence-corrected chi connectivity index (χ3v) is 4.73. The van der Waals surface area contributed by atoms with E-state index in [0.29, 0.717) is 26.1 Å². The Morgan fingerprint density at radius 3 is 3.08 bits per heavy atom. The Kier molecular flexibility index (Phi) is 4.08. The van der Waals surface area contributed by atoms with Crippen molar-refractivity contribution >= 4 is 28.3 Å². The monoisotopic (exact) mass is 327 g/mol. The standard InChI is InChI=1S/C18H21N3O3/c22-16-3-1-2-14-13-5-4-11(8-15(13)21-18(14)16)20-17(23)9-12-10-24-7-6-19-12/h4-5,8,12,19,21H,1-3,6-7,9-10H2,(H,20,23)/t12-/m1/s1. The highest BCUT2D eigenvalue weighted by Gasteiger charge is 2.22. The van der Waals surface area contributed by atoms with Gasteiger partial charge in [-0.15, -0.1) is 0 Å². The number of H-pyrrole nitrogens is 1. The van der Waals surface area contributed by atoms with Crippen molar-refractivity contribution in [3.63, 3.8) is 0 Å². The van der Waals surface area contributed by atoms with E-state index in [1.807, 2.05) is 18.2 Å². The first-order valence-corrected chi connectivity index (χ1v) is 8.49. The van der Waals surface area contributed by atoms with Gasteiger partial charge in [-0.3, -0.25) is 9.59 Å². The van der Waals surface area contributed by atoms with Crippen LogP contribution >= 0.6 is 0 Å². The summed E-state index contributed by atoms with van der Waals surface area (Å²) >= 11 is 0. The van der Waals surface area contributed by atoms with Crippen LogP contribution < -0.4 is 10.6 Å². The fraction of sp³-hybridized carbons (Fsp3) is 0.444. The van der Waals surface area contributed by atoms with Crippen molar-refractivity contribution in [2.75, 3.05) is 25.1 Å². The normalized spacial score (nSPS) is 20.8. The van der Waals surface area contributed by atoms with E-state index in [9.17, 15) is 9.59 Å².